The number of nitrogens with zero attached hydrogens (tertiary/aromatic N) is 1. The maximum atomic E-state index is 12.0. The molecule has 1 aromatic heterocycles. The molecular formula is C50H66N2O5S. The molecule has 0 amide bonds. The van der Waals surface area contributed by atoms with E-state index in [0.29, 0.717) is 0 Å². The number of ketones is 1. The predicted octanol–water partition coefficient (Wildman–Crippen LogP) is 11.8. The number of aromatic hydroxyl groups is 1. The summed E-state index contributed by atoms with van der Waals surface area (Å²) in [5.41, 5.74) is 4.53. The van der Waals surface area contributed by atoms with Crippen LogP contribution in [0.1, 0.15) is 151 Å². The fourth-order valence-electron chi connectivity index (χ4n) is 8.34. The zero-order chi connectivity index (χ0) is 41.5. The molecule has 0 saturated heterocycles. The lowest BCUT2D eigenvalue weighted by Gasteiger charge is -2.30. The fraction of sp³-hybridized carbons (Fsp3) is 0.500. The van der Waals surface area contributed by atoms with Crippen LogP contribution in [0.25, 0.3) is 23.1 Å². The number of carboxylic acid groups (broad SMARTS) is 1. The maximum Gasteiger partial charge on any atom is 0.372 e. The van der Waals surface area contributed by atoms with Crippen LogP contribution in [0.15, 0.2) is 78.9 Å². The van der Waals surface area contributed by atoms with Crippen LogP contribution in [-0.2, 0) is 21.6 Å². The van der Waals surface area contributed by atoms with Crippen LogP contribution in [0.3, 0.4) is 0 Å². The van der Waals surface area contributed by atoms with Gasteiger partial charge in [-0.2, -0.15) is 11.8 Å². The van der Waals surface area contributed by atoms with E-state index in [2.05, 4.69) is 28.5 Å². The first-order valence-corrected chi connectivity index (χ1v) is 22.8. The number of carboxylic acids is 1. The van der Waals surface area contributed by atoms with Gasteiger partial charge in [0.05, 0.1) is 16.8 Å². The Bertz CT molecular complexity index is 1940. The third-order valence-electron chi connectivity index (χ3n) is 11.8. The van der Waals surface area contributed by atoms with E-state index < -0.39 is 17.4 Å². The van der Waals surface area contributed by atoms with Crippen molar-refractivity contribution in [3.05, 3.63) is 107 Å². The Balaban J connectivity index is 0.000000358. The number of aryl methyl sites for hydroxylation is 1. The highest BCUT2D eigenvalue weighted by atomic mass is 32.2. The smallest absolute Gasteiger partial charge is 0.372 e. The molecule has 3 aliphatic carbocycles. The number of nitrogens with one attached hydrogen (secondary N) is 1. The Morgan fingerprint density at radius 3 is 2.16 bits per heavy atom. The molecule has 1 atom stereocenters. The topological polar surface area (TPSA) is 120 Å². The highest BCUT2D eigenvalue weighted by Crippen LogP contribution is 2.53. The molecule has 0 bridgehead atoms. The number of thioether (sulfide) groups is 1. The predicted molar refractivity (Wildman–Crippen MR) is 241 cm³/mol. The van der Waals surface area contributed by atoms with Crippen LogP contribution in [0.2, 0.25) is 0 Å². The van der Waals surface area contributed by atoms with Crippen LogP contribution >= 0.6 is 11.8 Å². The number of Topliss-reactive ketones (excluding diaryl/α,β-unsaturated/α-hetero) is 1. The van der Waals surface area contributed by atoms with E-state index in [1.807, 2.05) is 74.5 Å². The average molecular weight is 807 g/mol. The minimum absolute atomic E-state index is 0.0862. The summed E-state index contributed by atoms with van der Waals surface area (Å²) in [6.07, 6.45) is 22.0. The van der Waals surface area contributed by atoms with E-state index in [1.54, 1.807) is 37.7 Å². The number of phenolic OH excluding ortho intramolecular Hbond substituents is 1. The molecule has 0 spiro atoms. The van der Waals surface area contributed by atoms with Crippen molar-refractivity contribution in [3.63, 3.8) is 0 Å². The third kappa shape index (κ3) is 13.8. The van der Waals surface area contributed by atoms with Crippen LogP contribution in [0, 0.1) is 5.41 Å². The Morgan fingerprint density at radius 2 is 1.52 bits per heavy atom. The molecule has 0 unspecified atom stereocenters. The van der Waals surface area contributed by atoms with Crippen molar-refractivity contribution in [2.24, 2.45) is 5.41 Å². The van der Waals surface area contributed by atoms with Crippen molar-refractivity contribution in [2.75, 3.05) is 5.75 Å². The number of fused-ring (bicyclic) bond motifs is 1. The quantitative estimate of drug-likeness (QED) is 0.0877. The van der Waals surface area contributed by atoms with E-state index in [0.717, 1.165) is 82.4 Å². The van der Waals surface area contributed by atoms with Gasteiger partial charge in [0, 0.05) is 35.2 Å². The number of pyridine rings is 1. The molecule has 3 saturated carbocycles. The molecule has 3 aliphatic rings. The van der Waals surface area contributed by atoms with Gasteiger partial charge in [0.25, 0.3) is 0 Å². The second-order valence-electron chi connectivity index (χ2n) is 16.9. The zero-order valence-corrected chi connectivity index (χ0v) is 36.0. The summed E-state index contributed by atoms with van der Waals surface area (Å²) in [6.45, 7) is 7.61. The van der Waals surface area contributed by atoms with Gasteiger partial charge in [-0.1, -0.05) is 113 Å². The Labute approximate surface area is 351 Å². The first kappa shape index (κ1) is 45.1. The van der Waals surface area contributed by atoms with E-state index in [-0.39, 0.29) is 22.8 Å². The average Bonchev–Trinajstić information content (AvgIpc) is 4.00. The number of hydrogen-bond donors (Lipinski definition) is 4. The van der Waals surface area contributed by atoms with Gasteiger partial charge in [-0.25, -0.2) is 9.78 Å². The number of aliphatic carboxylic acids is 1. The molecule has 312 valence electrons. The molecule has 4 N–H and O–H groups in total. The van der Waals surface area contributed by atoms with E-state index in [9.17, 15) is 19.8 Å². The molecule has 7 rings (SSSR count). The molecule has 58 heavy (non-hydrogen) atoms. The summed E-state index contributed by atoms with van der Waals surface area (Å²) in [7, 11) is 0. The number of aromatic nitrogens is 1. The lowest BCUT2D eigenvalue weighted by atomic mass is 9.90. The van der Waals surface area contributed by atoms with Crippen molar-refractivity contribution in [3.8, 4) is 5.75 Å². The van der Waals surface area contributed by atoms with Gasteiger partial charge in [0.15, 0.2) is 0 Å². The van der Waals surface area contributed by atoms with E-state index in [4.69, 9.17) is 5.11 Å². The minimum atomic E-state index is -1.35. The Hall–Kier alpha value is -3.98. The van der Waals surface area contributed by atoms with Crippen LogP contribution in [0.5, 0.6) is 5.75 Å². The SMILES string of the molecule is C1CCC(NC2CCCCC2)CC1.CC.CC(C)(O)c1ccccc1CC[C@@H](SCC1(CC(=O)C(=O)O)CC1)c1cccc(/C=C/c2ccc3ccc(O)cc3n2)c1. The van der Waals surface area contributed by atoms with Crippen LogP contribution < -0.4 is 5.32 Å². The number of aliphatic hydroxyl groups is 1. The molecule has 0 aliphatic heterocycles. The molecule has 1 heterocycles. The zero-order valence-electron chi connectivity index (χ0n) is 35.2. The van der Waals surface area contributed by atoms with Crippen molar-refractivity contribution in [1.29, 1.82) is 0 Å². The Morgan fingerprint density at radius 1 is 0.862 bits per heavy atom. The Kier molecular flexibility index (Phi) is 17.0. The largest absolute Gasteiger partial charge is 0.508 e. The number of benzene rings is 3. The van der Waals surface area contributed by atoms with Crippen LogP contribution in [-0.4, -0.2) is 49.9 Å². The molecule has 0 radical (unpaired) electrons. The lowest BCUT2D eigenvalue weighted by Crippen LogP contribution is -2.40. The molecule has 4 aromatic rings. The van der Waals surface area contributed by atoms with Gasteiger partial charge in [-0.15, -0.1) is 0 Å². The summed E-state index contributed by atoms with van der Waals surface area (Å²) in [4.78, 5) is 27.9. The van der Waals surface area contributed by atoms with Gasteiger partial charge < -0.3 is 20.6 Å². The highest BCUT2D eigenvalue weighted by Gasteiger charge is 2.45. The summed E-state index contributed by atoms with van der Waals surface area (Å²) in [6, 6.07) is 27.2. The van der Waals surface area contributed by atoms with E-state index in [1.165, 1.54) is 64.2 Å². The van der Waals surface area contributed by atoms with Gasteiger partial charge in [0.2, 0.25) is 5.78 Å². The first-order chi connectivity index (χ1) is 28.0. The van der Waals surface area contributed by atoms with Gasteiger partial charge >= 0.3 is 5.97 Å². The summed E-state index contributed by atoms with van der Waals surface area (Å²) >= 11 is 1.79. The number of phenols is 1. The standard InChI is InChI=1S/C36H37NO5S.C12H23N.C2H6/c1-35(2,42)30-9-4-3-7-25(30)13-17-33(43-23-36(18-19-36)22-32(39)34(40)41)27-8-5-6-24(20-27)10-14-28-15-11-26-12-16-29(38)21-31(26)37-28;1-3-7-11(8-4-1)13-12-9-5-2-6-10-12;1-2/h3-12,14-16,20-21,33,38,42H,13,17-19,22-23H2,1-2H3,(H,40,41);11-13H,1-10H2;1-2H3/b14-10+;;/t33-;;/m1../s1. The lowest BCUT2D eigenvalue weighted by molar-refractivity contribution is -0.149. The fourth-order valence-corrected chi connectivity index (χ4v) is 9.91. The summed E-state index contributed by atoms with van der Waals surface area (Å²) < 4.78 is 0. The molecular weight excluding hydrogens is 741 g/mol. The van der Waals surface area contributed by atoms with Crippen molar-refractivity contribution in [1.82, 2.24) is 10.3 Å². The normalized spacial score (nSPS) is 17.5. The van der Waals surface area contributed by atoms with Crippen molar-refractivity contribution < 1.29 is 24.9 Å². The van der Waals surface area contributed by atoms with Crippen molar-refractivity contribution in [2.45, 2.75) is 147 Å². The number of hydrogen-bond acceptors (Lipinski definition) is 7. The van der Waals surface area contributed by atoms with Crippen molar-refractivity contribution >= 4 is 46.6 Å². The second kappa shape index (κ2) is 21.9. The number of rotatable bonds is 15. The van der Waals surface area contributed by atoms with Gasteiger partial charge in [-0.3, -0.25) is 4.79 Å². The molecule has 3 fully saturated rings. The number of carbonyl (C=O) groups excluding carboxylic acids is 1. The minimum Gasteiger partial charge on any atom is -0.508 e. The third-order valence-corrected chi connectivity index (χ3v) is 13.5. The molecule has 7 nitrogen and oxygen atoms in total. The summed E-state index contributed by atoms with van der Waals surface area (Å²) in [5.74, 6) is -1.16. The van der Waals surface area contributed by atoms with Crippen LogP contribution in [0.4, 0.5) is 0 Å². The van der Waals surface area contributed by atoms with Gasteiger partial charge in [0.1, 0.15) is 5.75 Å². The molecule has 8 heteroatoms. The first-order valence-electron chi connectivity index (χ1n) is 21.8. The molecule has 3 aromatic carbocycles. The van der Waals surface area contributed by atoms with Gasteiger partial charge in [-0.05, 0) is 123 Å². The monoisotopic (exact) mass is 806 g/mol. The second-order valence-corrected chi connectivity index (χ2v) is 18.1. The van der Waals surface area contributed by atoms with E-state index >= 15 is 0 Å². The maximum absolute atomic E-state index is 12.0. The summed E-state index contributed by atoms with van der Waals surface area (Å²) in [5, 5.41) is 34.7. The number of carbonyl (C=O) groups is 2. The highest BCUT2D eigenvalue weighted by molar-refractivity contribution is 7.99.